The van der Waals surface area contributed by atoms with E-state index in [0.717, 1.165) is 33.1 Å². The summed E-state index contributed by atoms with van der Waals surface area (Å²) in [5, 5.41) is 11.4. The van der Waals surface area contributed by atoms with Gasteiger partial charge in [-0.25, -0.2) is 14.3 Å². The summed E-state index contributed by atoms with van der Waals surface area (Å²) in [7, 11) is 1.21. The Morgan fingerprint density at radius 3 is 2.35 bits per heavy atom. The number of pyridine rings is 1. The van der Waals surface area contributed by atoms with Crippen LogP contribution in [0.5, 0.6) is 5.75 Å². The third-order valence-electron chi connectivity index (χ3n) is 10.3. The van der Waals surface area contributed by atoms with Crippen LogP contribution in [0.15, 0.2) is 72.3 Å². The molecule has 7 rings (SSSR count). The number of halogens is 5. The number of hydrogen-bond acceptors (Lipinski definition) is 7. The number of para-hydroxylation sites is 1. The van der Waals surface area contributed by atoms with Gasteiger partial charge in [-0.2, -0.15) is 18.2 Å². The second-order valence-electron chi connectivity index (χ2n) is 12.7. The maximum absolute atomic E-state index is 14.9. The first-order valence-electron chi connectivity index (χ1n) is 15.1. The number of aromatic hydroxyl groups is 1. The summed E-state index contributed by atoms with van der Waals surface area (Å²) < 4.78 is 55.4. The molecule has 2 aliphatic carbocycles. The van der Waals surface area contributed by atoms with Crippen LogP contribution in [0.1, 0.15) is 36.9 Å². The van der Waals surface area contributed by atoms with Crippen molar-refractivity contribution in [3.05, 3.63) is 94.4 Å². The molecule has 2 aromatic carbocycles. The number of amides is 4. The number of rotatable bonds is 4. The molecule has 4 aliphatic rings. The maximum Gasteiger partial charge on any atom is 0.433 e. The monoisotopic (exact) mass is 682 g/mol. The molecule has 248 valence electrons. The highest BCUT2D eigenvalue weighted by molar-refractivity contribution is 6.33. The number of anilines is 2. The third kappa shape index (κ3) is 4.46. The van der Waals surface area contributed by atoms with Crippen LogP contribution in [0.4, 0.5) is 29.1 Å². The van der Waals surface area contributed by atoms with Crippen molar-refractivity contribution in [3.8, 4) is 5.75 Å². The molecule has 0 unspecified atom stereocenters. The number of allylic oxidation sites excluding steroid dienone is 2. The largest absolute Gasteiger partial charge is 0.505 e. The van der Waals surface area contributed by atoms with Gasteiger partial charge in [0.25, 0.3) is 11.8 Å². The molecule has 0 radical (unpaired) electrons. The average Bonchev–Trinajstić information content (AvgIpc) is 3.41. The van der Waals surface area contributed by atoms with Gasteiger partial charge in [0.05, 0.1) is 33.9 Å². The first kappa shape index (κ1) is 31.8. The number of benzene rings is 2. The highest BCUT2D eigenvalue weighted by atomic mass is 35.5. The Morgan fingerprint density at radius 1 is 0.979 bits per heavy atom. The van der Waals surface area contributed by atoms with Gasteiger partial charge in [0.2, 0.25) is 11.8 Å². The Hall–Kier alpha value is -4.78. The van der Waals surface area contributed by atoms with Gasteiger partial charge in [0, 0.05) is 13.0 Å². The van der Waals surface area contributed by atoms with Gasteiger partial charge in [-0.1, -0.05) is 47.5 Å². The number of phenolic OH excluding ortho intramolecular Hbond substituents is 1. The second kappa shape index (κ2) is 10.9. The van der Waals surface area contributed by atoms with E-state index in [1.807, 2.05) is 0 Å². The van der Waals surface area contributed by atoms with Crippen molar-refractivity contribution in [1.29, 1.82) is 0 Å². The normalized spacial score (nSPS) is 28.3. The standard InChI is InChI=1S/C34H27ClF4N4O5/c1-33-21(30(46)42(32(33)48)17-6-4-3-5-7-17)15-20-18(27(33)16-8-12-24(44)23(36)14-16)9-10-19-26(20)31(47)43(29(19)45)41(2)28-22(35)11-13-25(40-28)34(37,38)39/h3-9,11-14,19-21,26-27,44H,10,15H2,1-2H3/t19-,20+,21-,26-,27-,33+/m0/s1. The van der Waals surface area contributed by atoms with Crippen molar-refractivity contribution >= 4 is 46.7 Å². The molecule has 6 atom stereocenters. The van der Waals surface area contributed by atoms with Crippen LogP contribution in [0.2, 0.25) is 5.02 Å². The van der Waals surface area contributed by atoms with Gasteiger partial charge >= 0.3 is 6.18 Å². The summed E-state index contributed by atoms with van der Waals surface area (Å²) in [6.45, 7) is 1.64. The summed E-state index contributed by atoms with van der Waals surface area (Å²) >= 11 is 6.21. The number of fused-ring (bicyclic) bond motifs is 4. The summed E-state index contributed by atoms with van der Waals surface area (Å²) in [5.41, 5.74) is -1.48. The van der Waals surface area contributed by atoms with Gasteiger partial charge in [-0.05, 0) is 67.6 Å². The molecule has 1 aromatic heterocycles. The van der Waals surface area contributed by atoms with Crippen LogP contribution in [0.25, 0.3) is 0 Å². The molecule has 9 nitrogen and oxygen atoms in total. The zero-order valence-corrected chi connectivity index (χ0v) is 26.2. The Kier molecular flexibility index (Phi) is 7.20. The molecule has 0 spiro atoms. The molecule has 2 saturated heterocycles. The molecule has 1 saturated carbocycles. The fourth-order valence-electron chi connectivity index (χ4n) is 8.11. The molecule has 0 bridgehead atoms. The quantitative estimate of drug-likeness (QED) is 0.208. The number of hydrazine groups is 1. The molecule has 3 aromatic rings. The summed E-state index contributed by atoms with van der Waals surface area (Å²) in [4.78, 5) is 61.3. The van der Waals surface area contributed by atoms with E-state index in [2.05, 4.69) is 4.98 Å². The molecule has 4 amide bonds. The zero-order chi connectivity index (χ0) is 34.4. The predicted octanol–water partition coefficient (Wildman–Crippen LogP) is 5.88. The SMILES string of the molecule is CN(c1nc(C(F)(F)F)ccc1Cl)N1C(=O)[C@H]2[C@H](CC=C3[C@H]2C[C@H]2C(=O)N(c4ccccc4)C(=O)[C@@]2(C)[C@H]3c2ccc(O)c(F)c2)C1=O. The highest BCUT2D eigenvalue weighted by Crippen LogP contribution is 2.63. The first-order valence-corrected chi connectivity index (χ1v) is 15.5. The third-order valence-corrected chi connectivity index (χ3v) is 10.6. The number of carbonyl (C=O) groups excluding carboxylic acids is 4. The summed E-state index contributed by atoms with van der Waals surface area (Å²) in [6, 6.07) is 13.7. The molecular formula is C34H27ClF4N4O5. The molecule has 3 heterocycles. The fourth-order valence-corrected chi connectivity index (χ4v) is 8.34. The second-order valence-corrected chi connectivity index (χ2v) is 13.1. The fraction of sp³-hybridized carbons (Fsp3) is 0.324. The van der Waals surface area contributed by atoms with Crippen LogP contribution >= 0.6 is 11.6 Å². The molecule has 1 N–H and O–H groups in total. The van der Waals surface area contributed by atoms with Gasteiger partial charge < -0.3 is 5.11 Å². The minimum atomic E-state index is -4.82. The number of imide groups is 2. The zero-order valence-electron chi connectivity index (χ0n) is 25.4. The summed E-state index contributed by atoms with van der Waals surface area (Å²) in [5.74, 6) is -9.08. The highest BCUT2D eigenvalue weighted by Gasteiger charge is 2.68. The van der Waals surface area contributed by atoms with Gasteiger partial charge in [-0.3, -0.25) is 24.2 Å². The van der Waals surface area contributed by atoms with Crippen molar-refractivity contribution < 1.29 is 41.8 Å². The number of hydrogen-bond donors (Lipinski definition) is 1. The van der Waals surface area contributed by atoms with Gasteiger partial charge in [0.1, 0.15) is 5.69 Å². The van der Waals surface area contributed by atoms with E-state index in [1.54, 1.807) is 43.3 Å². The Morgan fingerprint density at radius 2 is 1.69 bits per heavy atom. The summed E-state index contributed by atoms with van der Waals surface area (Å²) in [6.07, 6.45) is -3.02. The topological polar surface area (TPSA) is 111 Å². The van der Waals surface area contributed by atoms with E-state index >= 15 is 0 Å². The van der Waals surface area contributed by atoms with Crippen LogP contribution in [0, 0.1) is 34.9 Å². The molecule has 3 fully saturated rings. The van der Waals surface area contributed by atoms with Crippen LogP contribution in [0.3, 0.4) is 0 Å². The lowest BCUT2D eigenvalue weighted by atomic mass is 9.51. The minimum absolute atomic E-state index is 0.00755. The molecule has 48 heavy (non-hydrogen) atoms. The number of aromatic nitrogens is 1. The number of phenols is 1. The lowest BCUT2D eigenvalue weighted by Gasteiger charge is -2.49. The lowest BCUT2D eigenvalue weighted by molar-refractivity contribution is -0.141. The number of nitrogens with zero attached hydrogens (tertiary/aromatic N) is 4. The van der Waals surface area contributed by atoms with Gasteiger partial charge in [0.15, 0.2) is 17.4 Å². The minimum Gasteiger partial charge on any atom is -0.505 e. The van der Waals surface area contributed by atoms with E-state index in [0.29, 0.717) is 22.9 Å². The molecule has 2 aliphatic heterocycles. The Balaban J connectivity index is 1.32. The predicted molar refractivity (Wildman–Crippen MR) is 164 cm³/mol. The average molecular weight is 683 g/mol. The van der Waals surface area contributed by atoms with E-state index in [1.165, 1.54) is 13.1 Å². The first-order chi connectivity index (χ1) is 22.7. The van der Waals surface area contributed by atoms with E-state index in [4.69, 9.17) is 11.6 Å². The van der Waals surface area contributed by atoms with Crippen molar-refractivity contribution in [2.75, 3.05) is 17.0 Å². The van der Waals surface area contributed by atoms with Crippen LogP contribution < -0.4 is 9.91 Å². The van der Waals surface area contributed by atoms with Gasteiger partial charge in [-0.15, -0.1) is 0 Å². The van der Waals surface area contributed by atoms with Crippen LogP contribution in [-0.4, -0.2) is 45.8 Å². The lowest BCUT2D eigenvalue weighted by Crippen LogP contribution is -2.49. The van der Waals surface area contributed by atoms with Crippen molar-refractivity contribution in [1.82, 2.24) is 9.99 Å². The van der Waals surface area contributed by atoms with Crippen molar-refractivity contribution in [2.24, 2.45) is 29.1 Å². The molecular weight excluding hydrogens is 656 g/mol. The smallest absolute Gasteiger partial charge is 0.433 e. The van der Waals surface area contributed by atoms with Crippen molar-refractivity contribution in [2.45, 2.75) is 31.9 Å². The van der Waals surface area contributed by atoms with Crippen LogP contribution in [-0.2, 0) is 25.4 Å². The van der Waals surface area contributed by atoms with Crippen molar-refractivity contribution in [3.63, 3.8) is 0 Å². The molecule has 14 heteroatoms. The van der Waals surface area contributed by atoms with E-state index in [-0.39, 0.29) is 17.9 Å². The number of alkyl halides is 3. The number of carbonyl (C=O) groups is 4. The van der Waals surface area contributed by atoms with E-state index in [9.17, 15) is 41.8 Å². The Labute approximate surface area is 276 Å². The Bertz CT molecular complexity index is 1940. The maximum atomic E-state index is 14.9. The van der Waals surface area contributed by atoms with E-state index < -0.39 is 87.9 Å².